The van der Waals surface area contributed by atoms with Crippen molar-refractivity contribution in [2.45, 2.75) is 19.4 Å². The molecule has 0 aromatic heterocycles. The van der Waals surface area contributed by atoms with Gasteiger partial charge in [-0.3, -0.25) is 10.1 Å². The first-order valence-corrected chi connectivity index (χ1v) is 6.68. The molecule has 0 fully saturated rings. The van der Waals surface area contributed by atoms with E-state index in [0.29, 0.717) is 12.0 Å². The van der Waals surface area contributed by atoms with Gasteiger partial charge in [-0.25, -0.2) is 4.39 Å². The minimum absolute atomic E-state index is 0.0402. The Morgan fingerprint density at radius 2 is 1.90 bits per heavy atom. The maximum Gasteiger partial charge on any atom is 0.269 e. The van der Waals surface area contributed by atoms with Crippen molar-refractivity contribution in [3.05, 3.63) is 75.1 Å². The molecule has 0 saturated heterocycles. The number of likely N-dealkylation sites (N-methyl/N-ethyl adjacent to an activating group) is 1. The molecular weight excluding hydrogens is 271 g/mol. The Morgan fingerprint density at radius 1 is 1.24 bits per heavy atom. The molecule has 21 heavy (non-hydrogen) atoms. The van der Waals surface area contributed by atoms with E-state index in [1.165, 1.54) is 18.2 Å². The minimum atomic E-state index is -0.422. The first kappa shape index (κ1) is 15.1. The minimum Gasteiger partial charge on any atom is -0.313 e. The number of nitrogens with zero attached hydrogens (tertiary/aromatic N) is 1. The summed E-state index contributed by atoms with van der Waals surface area (Å²) < 4.78 is 13.7. The topological polar surface area (TPSA) is 55.2 Å². The number of aryl methyl sites for hydroxylation is 1. The summed E-state index contributed by atoms with van der Waals surface area (Å²) >= 11 is 0. The van der Waals surface area contributed by atoms with Crippen molar-refractivity contribution in [1.82, 2.24) is 5.32 Å². The molecule has 0 aliphatic carbocycles. The van der Waals surface area contributed by atoms with Crippen molar-refractivity contribution in [2.24, 2.45) is 0 Å². The van der Waals surface area contributed by atoms with Gasteiger partial charge in [0.1, 0.15) is 5.82 Å². The van der Waals surface area contributed by atoms with E-state index >= 15 is 0 Å². The van der Waals surface area contributed by atoms with E-state index < -0.39 is 4.92 Å². The summed E-state index contributed by atoms with van der Waals surface area (Å²) in [7, 11) is 1.81. The molecule has 0 saturated carbocycles. The molecule has 1 N–H and O–H groups in total. The third-order valence-electron chi connectivity index (χ3n) is 3.53. The van der Waals surface area contributed by atoms with Crippen molar-refractivity contribution < 1.29 is 9.31 Å². The van der Waals surface area contributed by atoms with Gasteiger partial charge in [-0.2, -0.15) is 0 Å². The Bertz CT molecular complexity index is 641. The Balaban J connectivity index is 2.18. The van der Waals surface area contributed by atoms with E-state index in [-0.39, 0.29) is 17.5 Å². The molecule has 0 spiro atoms. The molecule has 1 atom stereocenters. The highest BCUT2D eigenvalue weighted by atomic mass is 19.1. The zero-order chi connectivity index (χ0) is 15.4. The predicted molar refractivity (Wildman–Crippen MR) is 79.7 cm³/mol. The summed E-state index contributed by atoms with van der Waals surface area (Å²) in [6.45, 7) is 1.73. The fourth-order valence-corrected chi connectivity index (χ4v) is 2.20. The molecule has 2 aromatic carbocycles. The van der Waals surface area contributed by atoms with Gasteiger partial charge in [-0.15, -0.1) is 0 Å². The van der Waals surface area contributed by atoms with Gasteiger partial charge in [0.25, 0.3) is 5.69 Å². The average Bonchev–Trinajstić information content (AvgIpc) is 2.48. The van der Waals surface area contributed by atoms with Gasteiger partial charge in [0.05, 0.1) is 4.92 Å². The maximum absolute atomic E-state index is 13.7. The number of benzene rings is 2. The number of non-ortho nitro benzene ring substituents is 1. The molecule has 0 amide bonds. The molecule has 2 aromatic rings. The van der Waals surface area contributed by atoms with Crippen molar-refractivity contribution in [3.8, 4) is 0 Å². The van der Waals surface area contributed by atoms with Crippen LogP contribution in [0.3, 0.4) is 0 Å². The molecule has 1 unspecified atom stereocenters. The van der Waals surface area contributed by atoms with Gasteiger partial charge < -0.3 is 5.32 Å². The number of nitro groups is 1. The van der Waals surface area contributed by atoms with Crippen LogP contribution < -0.4 is 5.32 Å². The Kier molecular flexibility index (Phi) is 4.65. The lowest BCUT2D eigenvalue weighted by Crippen LogP contribution is -2.19. The second-order valence-electron chi connectivity index (χ2n) is 4.98. The highest BCUT2D eigenvalue weighted by Crippen LogP contribution is 2.22. The number of hydrogen-bond donors (Lipinski definition) is 1. The molecule has 2 rings (SSSR count). The Hall–Kier alpha value is -2.27. The van der Waals surface area contributed by atoms with Crippen LogP contribution in [-0.4, -0.2) is 12.0 Å². The largest absolute Gasteiger partial charge is 0.313 e. The van der Waals surface area contributed by atoms with Crippen LogP contribution in [0.25, 0.3) is 0 Å². The fourth-order valence-electron chi connectivity index (χ4n) is 2.20. The molecule has 0 aliphatic heterocycles. The van der Waals surface area contributed by atoms with Gasteiger partial charge in [0.2, 0.25) is 0 Å². The number of rotatable bonds is 5. The van der Waals surface area contributed by atoms with E-state index in [1.807, 2.05) is 13.1 Å². The summed E-state index contributed by atoms with van der Waals surface area (Å²) in [5.74, 6) is -0.226. The van der Waals surface area contributed by atoms with Gasteiger partial charge in [0.15, 0.2) is 0 Å². The fraction of sp³-hybridized carbons (Fsp3) is 0.250. The zero-order valence-corrected chi connectivity index (χ0v) is 12.0. The Morgan fingerprint density at radius 3 is 2.43 bits per heavy atom. The summed E-state index contributed by atoms with van der Waals surface area (Å²) in [6.07, 6.45) is 0.636. The maximum atomic E-state index is 13.7. The van der Waals surface area contributed by atoms with Gasteiger partial charge in [0, 0.05) is 18.2 Å². The van der Waals surface area contributed by atoms with Crippen molar-refractivity contribution in [3.63, 3.8) is 0 Å². The van der Waals surface area contributed by atoms with Crippen LogP contribution in [0.15, 0.2) is 42.5 Å². The van der Waals surface area contributed by atoms with E-state index in [0.717, 1.165) is 11.1 Å². The van der Waals surface area contributed by atoms with Crippen LogP contribution >= 0.6 is 0 Å². The number of hydrogen-bond acceptors (Lipinski definition) is 3. The van der Waals surface area contributed by atoms with Crippen LogP contribution in [0.1, 0.15) is 22.7 Å². The van der Waals surface area contributed by atoms with Crippen LogP contribution in [0.2, 0.25) is 0 Å². The van der Waals surface area contributed by atoms with Gasteiger partial charge >= 0.3 is 0 Å². The summed E-state index contributed by atoms with van der Waals surface area (Å²) in [6, 6.07) is 11.6. The first-order valence-electron chi connectivity index (χ1n) is 6.68. The lowest BCUT2D eigenvalue weighted by molar-refractivity contribution is -0.384. The van der Waals surface area contributed by atoms with Crippen molar-refractivity contribution in [2.75, 3.05) is 7.05 Å². The molecule has 0 heterocycles. The second kappa shape index (κ2) is 6.45. The lowest BCUT2D eigenvalue weighted by Gasteiger charge is -2.17. The zero-order valence-electron chi connectivity index (χ0n) is 12.0. The average molecular weight is 288 g/mol. The quantitative estimate of drug-likeness (QED) is 0.676. The van der Waals surface area contributed by atoms with Crippen LogP contribution in [-0.2, 0) is 6.42 Å². The molecule has 0 bridgehead atoms. The van der Waals surface area contributed by atoms with Crippen molar-refractivity contribution >= 4 is 5.69 Å². The lowest BCUT2D eigenvalue weighted by atomic mass is 9.98. The highest BCUT2D eigenvalue weighted by Gasteiger charge is 2.13. The van der Waals surface area contributed by atoms with E-state index in [4.69, 9.17) is 0 Å². The third-order valence-corrected chi connectivity index (χ3v) is 3.53. The third kappa shape index (κ3) is 3.64. The van der Waals surface area contributed by atoms with Crippen LogP contribution in [0, 0.1) is 22.9 Å². The van der Waals surface area contributed by atoms with Crippen LogP contribution in [0.4, 0.5) is 10.1 Å². The number of nitro benzene ring substituents is 1. The second-order valence-corrected chi connectivity index (χ2v) is 4.98. The molecule has 110 valence electrons. The molecule has 4 nitrogen and oxygen atoms in total. The van der Waals surface area contributed by atoms with Gasteiger partial charge in [-0.05, 0) is 43.1 Å². The molecule has 5 heteroatoms. The molecular formula is C16H17FN2O2. The van der Waals surface area contributed by atoms with E-state index in [2.05, 4.69) is 5.32 Å². The monoisotopic (exact) mass is 288 g/mol. The summed E-state index contributed by atoms with van der Waals surface area (Å²) in [5, 5.41) is 13.8. The summed E-state index contributed by atoms with van der Waals surface area (Å²) in [4.78, 5) is 10.2. The van der Waals surface area contributed by atoms with Gasteiger partial charge in [-0.1, -0.05) is 24.3 Å². The van der Waals surface area contributed by atoms with Crippen molar-refractivity contribution in [1.29, 1.82) is 0 Å². The predicted octanol–water partition coefficient (Wildman–Crippen LogP) is 3.55. The van der Waals surface area contributed by atoms with E-state index in [1.54, 1.807) is 25.1 Å². The van der Waals surface area contributed by atoms with E-state index in [9.17, 15) is 14.5 Å². The smallest absolute Gasteiger partial charge is 0.269 e. The Labute approximate surface area is 122 Å². The molecule has 0 radical (unpaired) electrons. The van der Waals surface area contributed by atoms with Crippen LogP contribution in [0.5, 0.6) is 0 Å². The summed E-state index contributed by atoms with van der Waals surface area (Å²) in [5.41, 5.74) is 2.50. The number of nitrogens with one attached hydrogen (secondary N) is 1. The SMILES string of the molecule is CNC(Cc1ccc([N+](=O)[O-])cc1)c1ccc(C)c(F)c1. The highest BCUT2D eigenvalue weighted by molar-refractivity contribution is 5.34. The normalized spacial score (nSPS) is 12.1. The standard InChI is InChI=1S/C16H17FN2O2/c1-11-3-6-13(10-15(11)17)16(18-2)9-12-4-7-14(8-5-12)19(20)21/h3-8,10,16,18H,9H2,1-2H3. The molecule has 0 aliphatic rings. The first-order chi connectivity index (χ1) is 10.0. The number of halogens is 1.